The summed E-state index contributed by atoms with van der Waals surface area (Å²) in [5.41, 5.74) is 2.91. The molecule has 2 nitrogen and oxygen atoms in total. The highest BCUT2D eigenvalue weighted by molar-refractivity contribution is 6.74. The molecule has 0 amide bonds. The summed E-state index contributed by atoms with van der Waals surface area (Å²) in [6.45, 7) is 11.2. The predicted octanol–water partition coefficient (Wildman–Crippen LogP) is 5.53. The van der Waals surface area contributed by atoms with Gasteiger partial charge in [-0.1, -0.05) is 57.2 Å². The molecule has 0 aliphatic heterocycles. The third kappa shape index (κ3) is 4.03. The van der Waals surface area contributed by atoms with Crippen molar-refractivity contribution in [3.05, 3.63) is 65.2 Å². The lowest BCUT2D eigenvalue weighted by atomic mass is 10.00. The molecule has 23 heavy (non-hydrogen) atoms. The average molecular weight is 324 g/mol. The Labute approximate surface area is 140 Å². The molecule has 0 heterocycles. The van der Waals surface area contributed by atoms with Gasteiger partial charge in [0.15, 0.2) is 0 Å². The third-order valence-corrected chi connectivity index (χ3v) is 9.01. The Morgan fingerprint density at radius 2 is 1.52 bits per heavy atom. The van der Waals surface area contributed by atoms with Crippen LogP contribution in [0.15, 0.2) is 48.5 Å². The van der Waals surface area contributed by atoms with E-state index in [-0.39, 0.29) is 5.04 Å². The van der Waals surface area contributed by atoms with Gasteiger partial charge in [-0.25, -0.2) is 0 Å². The third-order valence-electron chi connectivity index (χ3n) is 4.66. The number of nitriles is 1. The minimum Gasteiger partial charge on any atom is -0.543 e. The monoisotopic (exact) mass is 323 g/mol. The summed E-state index contributed by atoms with van der Waals surface area (Å²) in [4.78, 5) is 0. The Bertz CT molecular complexity index is 723. The molecule has 0 aliphatic rings. The zero-order valence-corrected chi connectivity index (χ0v) is 15.7. The molecular formula is C20H25NOSi. The van der Waals surface area contributed by atoms with Crippen molar-refractivity contribution in [2.24, 2.45) is 0 Å². The molecule has 0 fully saturated rings. The van der Waals surface area contributed by atoms with Gasteiger partial charge in [0.2, 0.25) is 8.32 Å². The van der Waals surface area contributed by atoms with Gasteiger partial charge in [-0.15, -0.1) is 0 Å². The van der Waals surface area contributed by atoms with E-state index in [1.807, 2.05) is 42.5 Å². The van der Waals surface area contributed by atoms with Gasteiger partial charge in [0.05, 0.1) is 11.6 Å². The van der Waals surface area contributed by atoms with Crippen molar-refractivity contribution >= 4 is 8.32 Å². The molecule has 2 aromatic rings. The van der Waals surface area contributed by atoms with Gasteiger partial charge in [-0.3, -0.25) is 0 Å². The number of benzene rings is 2. The van der Waals surface area contributed by atoms with Crippen LogP contribution in [0.4, 0.5) is 0 Å². The second-order valence-corrected chi connectivity index (χ2v) is 12.1. The molecule has 0 atom stereocenters. The summed E-state index contributed by atoms with van der Waals surface area (Å²) in [6, 6.07) is 18.2. The van der Waals surface area contributed by atoms with E-state index in [1.165, 1.54) is 0 Å². The number of para-hydroxylation sites is 1. The van der Waals surface area contributed by atoms with Gasteiger partial charge in [0, 0.05) is 6.42 Å². The molecular weight excluding hydrogens is 298 g/mol. The van der Waals surface area contributed by atoms with Crippen LogP contribution in [0.5, 0.6) is 5.75 Å². The van der Waals surface area contributed by atoms with Crippen molar-refractivity contribution in [3.63, 3.8) is 0 Å². The first-order chi connectivity index (χ1) is 10.7. The van der Waals surface area contributed by atoms with Crippen molar-refractivity contribution in [1.82, 2.24) is 0 Å². The fraction of sp³-hybridized carbons (Fsp3) is 0.350. The molecule has 0 N–H and O–H groups in total. The van der Waals surface area contributed by atoms with Crippen molar-refractivity contribution in [3.8, 4) is 11.8 Å². The fourth-order valence-electron chi connectivity index (χ4n) is 2.17. The molecule has 2 rings (SSSR count). The van der Waals surface area contributed by atoms with Gasteiger partial charge < -0.3 is 4.43 Å². The van der Waals surface area contributed by atoms with Gasteiger partial charge in [0.1, 0.15) is 5.75 Å². The lowest BCUT2D eigenvalue weighted by Crippen LogP contribution is -2.44. The highest BCUT2D eigenvalue weighted by Crippen LogP contribution is 2.38. The maximum Gasteiger partial charge on any atom is 0.250 e. The second-order valence-electron chi connectivity index (χ2n) is 7.42. The maximum atomic E-state index is 9.28. The SMILES string of the molecule is CC(C)(C)[Si](C)(C)Oc1ccccc1Cc1ccccc1C#N. The maximum absolute atomic E-state index is 9.28. The van der Waals surface area contributed by atoms with Crippen LogP contribution in [-0.4, -0.2) is 8.32 Å². The summed E-state index contributed by atoms with van der Waals surface area (Å²) >= 11 is 0. The van der Waals surface area contributed by atoms with E-state index in [4.69, 9.17) is 4.43 Å². The van der Waals surface area contributed by atoms with Gasteiger partial charge in [-0.05, 0) is 41.4 Å². The Kier molecular flexibility index (Phi) is 4.96. The topological polar surface area (TPSA) is 33.0 Å². The summed E-state index contributed by atoms with van der Waals surface area (Å²) in [7, 11) is -1.88. The zero-order valence-electron chi connectivity index (χ0n) is 14.7. The molecule has 0 saturated heterocycles. The summed E-state index contributed by atoms with van der Waals surface area (Å²) in [6.07, 6.45) is 0.717. The molecule has 0 aliphatic carbocycles. The van der Waals surface area contributed by atoms with Crippen LogP contribution in [0.25, 0.3) is 0 Å². The molecule has 0 bridgehead atoms. The van der Waals surface area contributed by atoms with Crippen LogP contribution < -0.4 is 4.43 Å². The van der Waals surface area contributed by atoms with E-state index >= 15 is 0 Å². The highest BCUT2D eigenvalue weighted by Gasteiger charge is 2.39. The van der Waals surface area contributed by atoms with E-state index in [1.54, 1.807) is 0 Å². The zero-order chi connectivity index (χ0) is 17.1. The quantitative estimate of drug-likeness (QED) is 0.693. The summed E-state index contributed by atoms with van der Waals surface area (Å²) in [5, 5.41) is 9.44. The van der Waals surface area contributed by atoms with Crippen molar-refractivity contribution < 1.29 is 4.43 Å². The van der Waals surface area contributed by atoms with Crippen LogP contribution in [0.1, 0.15) is 37.5 Å². The Hall–Kier alpha value is -2.05. The van der Waals surface area contributed by atoms with Crippen molar-refractivity contribution in [2.75, 3.05) is 0 Å². The average Bonchev–Trinajstić information content (AvgIpc) is 2.48. The lowest BCUT2D eigenvalue weighted by Gasteiger charge is -2.37. The largest absolute Gasteiger partial charge is 0.543 e. The lowest BCUT2D eigenvalue weighted by molar-refractivity contribution is 0.488. The van der Waals surface area contributed by atoms with Crippen LogP contribution in [0.2, 0.25) is 18.1 Å². The minimum absolute atomic E-state index is 0.157. The predicted molar refractivity (Wildman–Crippen MR) is 98.2 cm³/mol. The molecule has 3 heteroatoms. The van der Waals surface area contributed by atoms with Crippen LogP contribution in [0.3, 0.4) is 0 Å². The second kappa shape index (κ2) is 6.60. The normalized spacial score (nSPS) is 11.8. The summed E-state index contributed by atoms with van der Waals surface area (Å²) < 4.78 is 6.50. The molecule has 0 saturated carbocycles. The molecule has 2 aromatic carbocycles. The van der Waals surface area contributed by atoms with E-state index in [2.05, 4.69) is 46.0 Å². The number of hydrogen-bond donors (Lipinski definition) is 0. The smallest absolute Gasteiger partial charge is 0.250 e. The Morgan fingerprint density at radius 1 is 0.957 bits per heavy atom. The molecule has 0 spiro atoms. The first kappa shape index (κ1) is 17.3. The molecule has 120 valence electrons. The highest BCUT2D eigenvalue weighted by atomic mass is 28.4. The number of nitrogens with zero attached hydrogens (tertiary/aromatic N) is 1. The Morgan fingerprint density at radius 3 is 2.13 bits per heavy atom. The van der Waals surface area contributed by atoms with Crippen LogP contribution in [0, 0.1) is 11.3 Å². The molecule has 0 radical (unpaired) electrons. The van der Waals surface area contributed by atoms with Crippen LogP contribution >= 0.6 is 0 Å². The van der Waals surface area contributed by atoms with Crippen molar-refractivity contribution in [1.29, 1.82) is 5.26 Å². The number of hydrogen-bond acceptors (Lipinski definition) is 2. The minimum atomic E-state index is -1.88. The standard InChI is InChI=1S/C20H25NOSi/c1-20(2,3)23(4,5)22-19-13-9-8-11-17(19)14-16-10-6-7-12-18(16)15-21/h6-13H,14H2,1-5H3. The van der Waals surface area contributed by atoms with E-state index in [9.17, 15) is 5.26 Å². The van der Waals surface area contributed by atoms with Gasteiger partial charge in [0.25, 0.3) is 0 Å². The molecule has 0 aromatic heterocycles. The molecule has 0 unspecified atom stereocenters. The van der Waals surface area contributed by atoms with Gasteiger partial charge >= 0.3 is 0 Å². The first-order valence-corrected chi connectivity index (χ1v) is 10.9. The Balaban J connectivity index is 2.34. The van der Waals surface area contributed by atoms with Crippen LogP contribution in [-0.2, 0) is 6.42 Å². The van der Waals surface area contributed by atoms with Gasteiger partial charge in [-0.2, -0.15) is 5.26 Å². The van der Waals surface area contributed by atoms with E-state index < -0.39 is 8.32 Å². The number of rotatable bonds is 4. The van der Waals surface area contributed by atoms with E-state index in [0.29, 0.717) is 6.42 Å². The van der Waals surface area contributed by atoms with E-state index in [0.717, 1.165) is 22.4 Å². The fourth-order valence-corrected chi connectivity index (χ4v) is 3.22. The summed E-state index contributed by atoms with van der Waals surface area (Å²) in [5.74, 6) is 0.951. The van der Waals surface area contributed by atoms with Crippen molar-refractivity contribution in [2.45, 2.75) is 45.3 Å². The first-order valence-electron chi connectivity index (χ1n) is 7.99.